The minimum absolute atomic E-state index is 0.375. The van der Waals surface area contributed by atoms with E-state index >= 15 is 0 Å². The number of esters is 1. The van der Waals surface area contributed by atoms with E-state index in [2.05, 4.69) is 15.9 Å². The maximum absolute atomic E-state index is 11.4. The second-order valence-corrected chi connectivity index (χ2v) is 3.68. The third-order valence-electron chi connectivity index (χ3n) is 1.63. The molecule has 1 aromatic carbocycles. The SMILES string of the molecule is O=C/C(Br)=C/C=C/OC(=O)c1ccccc1. The average molecular weight is 281 g/mol. The van der Waals surface area contributed by atoms with Gasteiger partial charge in [-0.05, 0) is 40.2 Å². The largest absolute Gasteiger partial charge is 0.431 e. The highest BCUT2D eigenvalue weighted by Crippen LogP contribution is 2.02. The minimum Gasteiger partial charge on any atom is -0.431 e. The number of carbonyl (C=O) groups is 2. The van der Waals surface area contributed by atoms with Crippen LogP contribution in [0.2, 0.25) is 0 Å². The highest BCUT2D eigenvalue weighted by molar-refractivity contribution is 9.12. The lowest BCUT2D eigenvalue weighted by Gasteiger charge is -1.97. The lowest BCUT2D eigenvalue weighted by molar-refractivity contribution is -0.104. The van der Waals surface area contributed by atoms with E-state index in [1.165, 1.54) is 18.4 Å². The molecule has 0 fully saturated rings. The van der Waals surface area contributed by atoms with Crippen molar-refractivity contribution in [1.82, 2.24) is 0 Å². The predicted octanol–water partition coefficient (Wildman–Crippen LogP) is 2.83. The molecular formula is C12H9BrO3. The molecule has 0 aliphatic rings. The number of halogens is 1. The molecular weight excluding hydrogens is 272 g/mol. The molecule has 0 aromatic heterocycles. The van der Waals surface area contributed by atoms with Crippen LogP contribution in [0.1, 0.15) is 10.4 Å². The Morgan fingerprint density at radius 1 is 1.25 bits per heavy atom. The van der Waals surface area contributed by atoms with Gasteiger partial charge in [-0.15, -0.1) is 0 Å². The van der Waals surface area contributed by atoms with E-state index in [-0.39, 0.29) is 0 Å². The monoisotopic (exact) mass is 280 g/mol. The molecule has 4 heteroatoms. The number of benzene rings is 1. The maximum Gasteiger partial charge on any atom is 0.342 e. The first kappa shape index (κ1) is 12.4. The van der Waals surface area contributed by atoms with E-state index in [1.807, 2.05) is 6.07 Å². The molecule has 0 heterocycles. The molecule has 0 spiro atoms. The molecule has 0 amide bonds. The Balaban J connectivity index is 2.51. The molecule has 82 valence electrons. The van der Waals surface area contributed by atoms with Crippen molar-refractivity contribution >= 4 is 28.2 Å². The number of hydrogen-bond acceptors (Lipinski definition) is 3. The molecule has 0 saturated heterocycles. The number of ether oxygens (including phenoxy) is 1. The van der Waals surface area contributed by atoms with E-state index in [1.54, 1.807) is 24.3 Å². The second-order valence-electron chi connectivity index (χ2n) is 2.77. The van der Waals surface area contributed by atoms with Crippen LogP contribution in [0.25, 0.3) is 0 Å². The molecule has 0 unspecified atom stereocenters. The van der Waals surface area contributed by atoms with Gasteiger partial charge in [-0.2, -0.15) is 0 Å². The van der Waals surface area contributed by atoms with Gasteiger partial charge >= 0.3 is 5.97 Å². The maximum atomic E-state index is 11.4. The number of hydrogen-bond donors (Lipinski definition) is 0. The number of carbonyl (C=O) groups excluding carboxylic acids is 2. The first-order valence-electron chi connectivity index (χ1n) is 4.47. The Morgan fingerprint density at radius 2 is 1.94 bits per heavy atom. The summed E-state index contributed by atoms with van der Waals surface area (Å²) in [6.07, 6.45) is 4.80. The van der Waals surface area contributed by atoms with Crippen molar-refractivity contribution in [2.45, 2.75) is 0 Å². The molecule has 0 bridgehead atoms. The van der Waals surface area contributed by atoms with Crippen LogP contribution in [-0.2, 0) is 9.53 Å². The summed E-state index contributed by atoms with van der Waals surface area (Å²) in [5.74, 6) is -0.438. The van der Waals surface area contributed by atoms with Crippen molar-refractivity contribution in [3.8, 4) is 0 Å². The summed E-state index contributed by atoms with van der Waals surface area (Å²) in [7, 11) is 0. The van der Waals surface area contributed by atoms with Gasteiger partial charge in [0, 0.05) is 0 Å². The fraction of sp³-hybridized carbons (Fsp3) is 0. The topological polar surface area (TPSA) is 43.4 Å². The van der Waals surface area contributed by atoms with Crippen molar-refractivity contribution in [1.29, 1.82) is 0 Å². The number of aldehydes is 1. The Morgan fingerprint density at radius 3 is 2.56 bits per heavy atom. The van der Waals surface area contributed by atoms with E-state index in [9.17, 15) is 9.59 Å². The van der Waals surface area contributed by atoms with E-state index < -0.39 is 5.97 Å². The van der Waals surface area contributed by atoms with Crippen LogP contribution in [-0.4, -0.2) is 12.3 Å². The average Bonchev–Trinajstić information content (AvgIpc) is 2.35. The standard InChI is InChI=1S/C12H9BrO3/c13-11(9-14)7-4-8-16-12(15)10-5-2-1-3-6-10/h1-9H/b8-4+,11-7-. The lowest BCUT2D eigenvalue weighted by atomic mass is 10.2. The Kier molecular flexibility index (Phi) is 5.22. The molecule has 0 saturated carbocycles. The first-order chi connectivity index (χ1) is 7.74. The Hall–Kier alpha value is -1.68. The van der Waals surface area contributed by atoms with Gasteiger partial charge < -0.3 is 4.74 Å². The molecule has 0 aliphatic carbocycles. The highest BCUT2D eigenvalue weighted by Gasteiger charge is 2.02. The van der Waals surface area contributed by atoms with Crippen LogP contribution >= 0.6 is 15.9 Å². The molecule has 3 nitrogen and oxygen atoms in total. The fourth-order valence-corrected chi connectivity index (χ4v) is 1.07. The molecule has 0 aliphatic heterocycles. The molecule has 16 heavy (non-hydrogen) atoms. The van der Waals surface area contributed by atoms with Gasteiger partial charge in [0.1, 0.15) is 0 Å². The van der Waals surface area contributed by atoms with Gasteiger partial charge in [-0.1, -0.05) is 18.2 Å². The van der Waals surface area contributed by atoms with Gasteiger partial charge in [0.25, 0.3) is 0 Å². The van der Waals surface area contributed by atoms with E-state index in [0.29, 0.717) is 16.3 Å². The normalized spacial score (nSPS) is 11.4. The minimum atomic E-state index is -0.438. The number of rotatable bonds is 4. The summed E-state index contributed by atoms with van der Waals surface area (Å²) in [5.41, 5.74) is 0.477. The summed E-state index contributed by atoms with van der Waals surface area (Å²) in [5, 5.41) is 0. The van der Waals surface area contributed by atoms with Gasteiger partial charge in [0.05, 0.1) is 16.3 Å². The van der Waals surface area contributed by atoms with Crippen LogP contribution in [0, 0.1) is 0 Å². The van der Waals surface area contributed by atoms with E-state index in [0.717, 1.165) is 0 Å². The van der Waals surface area contributed by atoms with Gasteiger partial charge in [-0.25, -0.2) is 4.79 Å². The van der Waals surface area contributed by atoms with Crippen molar-refractivity contribution < 1.29 is 14.3 Å². The van der Waals surface area contributed by atoms with Crippen LogP contribution in [0.3, 0.4) is 0 Å². The van der Waals surface area contributed by atoms with Gasteiger partial charge in [0.2, 0.25) is 0 Å². The van der Waals surface area contributed by atoms with Crippen LogP contribution < -0.4 is 0 Å². The van der Waals surface area contributed by atoms with Crippen molar-refractivity contribution in [3.63, 3.8) is 0 Å². The highest BCUT2D eigenvalue weighted by atomic mass is 79.9. The molecule has 1 rings (SSSR count). The van der Waals surface area contributed by atoms with Crippen molar-refractivity contribution in [3.05, 3.63) is 58.8 Å². The zero-order chi connectivity index (χ0) is 11.8. The Labute approximate surface area is 102 Å². The molecule has 0 atom stereocenters. The van der Waals surface area contributed by atoms with Gasteiger partial charge in [0.15, 0.2) is 6.29 Å². The van der Waals surface area contributed by atoms with Crippen molar-refractivity contribution in [2.24, 2.45) is 0 Å². The molecule has 1 aromatic rings. The molecule has 0 radical (unpaired) electrons. The zero-order valence-corrected chi connectivity index (χ0v) is 9.88. The Bertz CT molecular complexity index is 421. The van der Waals surface area contributed by atoms with Gasteiger partial charge in [-0.3, -0.25) is 4.79 Å². The summed E-state index contributed by atoms with van der Waals surface area (Å²) in [6, 6.07) is 8.64. The first-order valence-corrected chi connectivity index (χ1v) is 5.27. The number of allylic oxidation sites excluding steroid dienone is 3. The summed E-state index contributed by atoms with van der Waals surface area (Å²) in [6.45, 7) is 0. The molecule has 0 N–H and O–H groups in total. The zero-order valence-electron chi connectivity index (χ0n) is 8.30. The van der Waals surface area contributed by atoms with E-state index in [4.69, 9.17) is 4.74 Å². The second kappa shape index (κ2) is 6.74. The lowest BCUT2D eigenvalue weighted by Crippen LogP contribution is -1.99. The third kappa shape index (κ3) is 4.23. The van der Waals surface area contributed by atoms with Crippen LogP contribution in [0.4, 0.5) is 0 Å². The summed E-state index contributed by atoms with van der Waals surface area (Å²) in [4.78, 5) is 21.6. The van der Waals surface area contributed by atoms with Crippen molar-refractivity contribution in [2.75, 3.05) is 0 Å². The third-order valence-corrected chi connectivity index (χ3v) is 2.08. The smallest absolute Gasteiger partial charge is 0.342 e. The van der Waals surface area contributed by atoms with Crippen LogP contribution in [0.15, 0.2) is 53.2 Å². The summed E-state index contributed by atoms with van der Waals surface area (Å²) >= 11 is 2.99. The summed E-state index contributed by atoms with van der Waals surface area (Å²) < 4.78 is 5.20. The quantitative estimate of drug-likeness (QED) is 0.280. The fourth-order valence-electron chi connectivity index (χ4n) is 0.914. The predicted molar refractivity (Wildman–Crippen MR) is 64.1 cm³/mol. The van der Waals surface area contributed by atoms with Crippen LogP contribution in [0.5, 0.6) is 0 Å².